The predicted molar refractivity (Wildman–Crippen MR) is 83.5 cm³/mol. The molecule has 1 aromatic rings. The fourth-order valence-electron chi connectivity index (χ4n) is 1.91. The highest BCUT2D eigenvalue weighted by molar-refractivity contribution is 5.53. The van der Waals surface area contributed by atoms with Gasteiger partial charge >= 0.3 is 0 Å². The summed E-state index contributed by atoms with van der Waals surface area (Å²) in [4.78, 5) is 0. The Morgan fingerprint density at radius 1 is 1.00 bits per heavy atom. The Balaban J connectivity index is 2.84. The van der Waals surface area contributed by atoms with E-state index >= 15 is 0 Å². The monoisotopic (exact) mass is 297 g/mol. The molecule has 0 radical (unpaired) electrons. The van der Waals surface area contributed by atoms with Crippen LogP contribution < -0.4 is 19.5 Å². The second kappa shape index (κ2) is 9.47. The Kier molecular flexibility index (Phi) is 7.93. The Morgan fingerprint density at radius 3 is 2.10 bits per heavy atom. The summed E-state index contributed by atoms with van der Waals surface area (Å²) in [5.41, 5.74) is 1.10. The molecule has 21 heavy (non-hydrogen) atoms. The van der Waals surface area contributed by atoms with Gasteiger partial charge in [0.15, 0.2) is 11.5 Å². The molecule has 5 nitrogen and oxygen atoms in total. The second-order valence-electron chi connectivity index (χ2n) is 5.20. The number of rotatable bonds is 10. The molecular formula is C16H27NO4. The lowest BCUT2D eigenvalue weighted by Gasteiger charge is -2.16. The molecule has 0 saturated heterocycles. The maximum absolute atomic E-state index is 5.69. The van der Waals surface area contributed by atoms with Gasteiger partial charge in [-0.1, -0.05) is 13.8 Å². The first-order valence-electron chi connectivity index (χ1n) is 7.19. The lowest BCUT2D eigenvalue weighted by molar-refractivity contribution is 0.142. The summed E-state index contributed by atoms with van der Waals surface area (Å²) in [6.45, 7) is 7.07. The summed E-state index contributed by atoms with van der Waals surface area (Å²) in [5.74, 6) is 2.58. The van der Waals surface area contributed by atoms with Gasteiger partial charge in [0.1, 0.15) is 6.61 Å². The fraction of sp³-hybridized carbons (Fsp3) is 0.625. The van der Waals surface area contributed by atoms with E-state index in [9.17, 15) is 0 Å². The van der Waals surface area contributed by atoms with E-state index in [1.54, 1.807) is 21.3 Å². The van der Waals surface area contributed by atoms with E-state index in [2.05, 4.69) is 19.2 Å². The van der Waals surface area contributed by atoms with E-state index in [0.717, 1.165) is 18.7 Å². The maximum Gasteiger partial charge on any atom is 0.203 e. The number of ether oxygens (including phenoxy) is 4. The molecule has 0 aliphatic carbocycles. The van der Waals surface area contributed by atoms with Crippen molar-refractivity contribution in [2.24, 2.45) is 5.92 Å². The molecule has 1 N–H and O–H groups in total. The van der Waals surface area contributed by atoms with E-state index < -0.39 is 0 Å². The fourth-order valence-corrected chi connectivity index (χ4v) is 1.91. The van der Waals surface area contributed by atoms with Crippen molar-refractivity contribution in [3.8, 4) is 17.2 Å². The molecule has 0 heterocycles. The third kappa shape index (κ3) is 5.81. The van der Waals surface area contributed by atoms with E-state index in [4.69, 9.17) is 18.9 Å². The van der Waals surface area contributed by atoms with Crippen LogP contribution in [0.15, 0.2) is 12.1 Å². The highest BCUT2D eigenvalue weighted by Crippen LogP contribution is 2.38. The molecule has 0 fully saturated rings. The van der Waals surface area contributed by atoms with Crippen LogP contribution in [0, 0.1) is 5.92 Å². The molecule has 0 amide bonds. The second-order valence-corrected chi connectivity index (χ2v) is 5.20. The van der Waals surface area contributed by atoms with Crippen LogP contribution >= 0.6 is 0 Å². The number of hydrogen-bond donors (Lipinski definition) is 1. The molecule has 0 atom stereocenters. The smallest absolute Gasteiger partial charge is 0.203 e. The Labute approximate surface area is 127 Å². The normalized spacial score (nSPS) is 10.8. The van der Waals surface area contributed by atoms with Crippen molar-refractivity contribution in [1.82, 2.24) is 5.32 Å². The van der Waals surface area contributed by atoms with Crippen molar-refractivity contribution in [3.63, 3.8) is 0 Å². The quantitative estimate of drug-likeness (QED) is 0.672. The van der Waals surface area contributed by atoms with Crippen LogP contribution in [0.3, 0.4) is 0 Å². The minimum atomic E-state index is 0.453. The van der Waals surface area contributed by atoms with Crippen LogP contribution in [0.4, 0.5) is 0 Å². The minimum absolute atomic E-state index is 0.453. The summed E-state index contributed by atoms with van der Waals surface area (Å²) in [5, 5.41) is 3.40. The molecule has 0 unspecified atom stereocenters. The van der Waals surface area contributed by atoms with Crippen molar-refractivity contribution >= 4 is 0 Å². The average Bonchev–Trinajstić information content (AvgIpc) is 2.47. The summed E-state index contributed by atoms with van der Waals surface area (Å²) < 4.78 is 21.5. The highest BCUT2D eigenvalue weighted by atomic mass is 16.6. The zero-order valence-corrected chi connectivity index (χ0v) is 13.7. The Morgan fingerprint density at radius 2 is 1.62 bits per heavy atom. The van der Waals surface area contributed by atoms with Gasteiger partial charge in [-0.05, 0) is 30.2 Å². The van der Waals surface area contributed by atoms with Gasteiger partial charge in [0.25, 0.3) is 0 Å². The molecule has 0 bridgehead atoms. The SMILES string of the molecule is COCCOc1c(OC)cc(CNCC(C)C)cc1OC. The number of nitrogens with one attached hydrogen (secondary N) is 1. The van der Waals surface area contributed by atoms with E-state index in [1.165, 1.54) is 0 Å². The van der Waals surface area contributed by atoms with Gasteiger partial charge in [0.05, 0.1) is 20.8 Å². The largest absolute Gasteiger partial charge is 0.493 e. The molecule has 0 aromatic heterocycles. The van der Waals surface area contributed by atoms with Gasteiger partial charge in [0.2, 0.25) is 5.75 Å². The molecule has 0 saturated carbocycles. The maximum atomic E-state index is 5.69. The number of hydrogen-bond acceptors (Lipinski definition) is 5. The third-order valence-electron chi connectivity index (χ3n) is 2.94. The molecule has 1 aromatic carbocycles. The lowest BCUT2D eigenvalue weighted by atomic mass is 10.1. The van der Waals surface area contributed by atoms with Crippen LogP contribution in [-0.4, -0.2) is 41.1 Å². The molecule has 0 aliphatic rings. The molecular weight excluding hydrogens is 270 g/mol. The van der Waals surface area contributed by atoms with Gasteiger partial charge < -0.3 is 24.3 Å². The van der Waals surface area contributed by atoms with E-state index in [-0.39, 0.29) is 0 Å². The molecule has 1 rings (SSSR count). The lowest BCUT2D eigenvalue weighted by Crippen LogP contribution is -2.19. The van der Waals surface area contributed by atoms with E-state index in [1.807, 2.05) is 12.1 Å². The van der Waals surface area contributed by atoms with Crippen molar-refractivity contribution < 1.29 is 18.9 Å². The van der Waals surface area contributed by atoms with Crippen LogP contribution in [-0.2, 0) is 11.3 Å². The average molecular weight is 297 g/mol. The van der Waals surface area contributed by atoms with Crippen molar-refractivity contribution in [3.05, 3.63) is 17.7 Å². The first-order chi connectivity index (χ1) is 10.1. The van der Waals surface area contributed by atoms with Crippen molar-refractivity contribution in [2.75, 3.05) is 41.1 Å². The van der Waals surface area contributed by atoms with E-state index in [0.29, 0.717) is 36.4 Å². The summed E-state index contributed by atoms with van der Waals surface area (Å²) in [6.07, 6.45) is 0. The zero-order chi connectivity index (χ0) is 15.7. The summed E-state index contributed by atoms with van der Waals surface area (Å²) >= 11 is 0. The van der Waals surface area contributed by atoms with Gasteiger partial charge in [-0.15, -0.1) is 0 Å². The van der Waals surface area contributed by atoms with Crippen LogP contribution in [0.2, 0.25) is 0 Å². The van der Waals surface area contributed by atoms with Gasteiger partial charge in [-0.3, -0.25) is 0 Å². The first kappa shape index (κ1) is 17.6. The summed E-state index contributed by atoms with van der Waals surface area (Å²) in [7, 11) is 4.90. The highest BCUT2D eigenvalue weighted by Gasteiger charge is 2.14. The van der Waals surface area contributed by atoms with Crippen molar-refractivity contribution in [1.29, 1.82) is 0 Å². The predicted octanol–water partition coefficient (Wildman–Crippen LogP) is 2.47. The number of benzene rings is 1. The van der Waals surface area contributed by atoms with Crippen molar-refractivity contribution in [2.45, 2.75) is 20.4 Å². The molecule has 0 aliphatic heterocycles. The zero-order valence-electron chi connectivity index (χ0n) is 13.7. The first-order valence-corrected chi connectivity index (χ1v) is 7.19. The van der Waals surface area contributed by atoms with Crippen LogP contribution in [0.25, 0.3) is 0 Å². The third-order valence-corrected chi connectivity index (χ3v) is 2.94. The van der Waals surface area contributed by atoms with Gasteiger partial charge in [-0.25, -0.2) is 0 Å². The van der Waals surface area contributed by atoms with Gasteiger partial charge in [-0.2, -0.15) is 0 Å². The van der Waals surface area contributed by atoms with Gasteiger partial charge in [0, 0.05) is 13.7 Å². The Bertz CT molecular complexity index is 396. The standard InChI is InChI=1S/C16H27NO4/c1-12(2)10-17-11-13-8-14(19-4)16(15(9-13)20-5)21-7-6-18-3/h8-9,12,17H,6-7,10-11H2,1-5H3. The molecule has 0 spiro atoms. The molecule has 120 valence electrons. The minimum Gasteiger partial charge on any atom is -0.493 e. The molecule has 5 heteroatoms. The Hall–Kier alpha value is -1.46. The summed E-state index contributed by atoms with van der Waals surface area (Å²) in [6, 6.07) is 3.94. The van der Waals surface area contributed by atoms with Crippen LogP contribution in [0.1, 0.15) is 19.4 Å². The number of methoxy groups -OCH3 is 3. The van der Waals surface area contributed by atoms with Crippen LogP contribution in [0.5, 0.6) is 17.2 Å². The topological polar surface area (TPSA) is 49.0 Å².